The molecular formula is C15H25N3O3S. The molecule has 1 saturated heterocycles. The number of piperidine rings is 1. The average molecular weight is 327 g/mol. The lowest BCUT2D eigenvalue weighted by Gasteiger charge is -2.33. The van der Waals surface area contributed by atoms with Crippen LogP contribution in [0.25, 0.3) is 0 Å². The number of likely N-dealkylation sites (tertiary alicyclic amines) is 1. The van der Waals surface area contributed by atoms with Crippen LogP contribution in [0.1, 0.15) is 37.3 Å². The molecule has 6 nitrogen and oxygen atoms in total. The Balaban J connectivity index is 1.45. The average Bonchev–Trinajstić information content (AvgIpc) is 3.26. The van der Waals surface area contributed by atoms with Crippen molar-refractivity contribution in [3.8, 4) is 0 Å². The lowest BCUT2D eigenvalue weighted by Crippen LogP contribution is -2.40. The molecule has 0 radical (unpaired) electrons. The maximum absolute atomic E-state index is 12.2. The highest BCUT2D eigenvalue weighted by Crippen LogP contribution is 2.31. The van der Waals surface area contributed by atoms with Crippen LogP contribution in [0.5, 0.6) is 0 Å². The Bertz CT molecular complexity index is 601. The molecular weight excluding hydrogens is 302 g/mol. The van der Waals surface area contributed by atoms with Crippen molar-refractivity contribution < 1.29 is 12.8 Å². The summed E-state index contributed by atoms with van der Waals surface area (Å²) >= 11 is 0. The fourth-order valence-electron chi connectivity index (χ4n) is 3.12. The van der Waals surface area contributed by atoms with Gasteiger partial charge in [0.1, 0.15) is 6.26 Å². The first kappa shape index (κ1) is 16.0. The van der Waals surface area contributed by atoms with Crippen molar-refractivity contribution in [3.63, 3.8) is 0 Å². The van der Waals surface area contributed by atoms with Gasteiger partial charge in [0, 0.05) is 27.1 Å². The fraction of sp³-hybridized carbons (Fsp3) is 0.800. The number of rotatable bonds is 6. The Hall–Kier alpha value is -0.920. The zero-order chi connectivity index (χ0) is 15.7. The predicted octanol–water partition coefficient (Wildman–Crippen LogP) is 1.62. The van der Waals surface area contributed by atoms with E-state index in [1.807, 2.05) is 6.92 Å². The third-order valence-electron chi connectivity index (χ3n) is 4.65. The van der Waals surface area contributed by atoms with Gasteiger partial charge in [-0.1, -0.05) is 0 Å². The van der Waals surface area contributed by atoms with Crippen LogP contribution in [0.3, 0.4) is 0 Å². The van der Waals surface area contributed by atoms with Crippen molar-refractivity contribution in [2.75, 3.05) is 26.7 Å². The molecule has 0 N–H and O–H groups in total. The van der Waals surface area contributed by atoms with Gasteiger partial charge in [0.15, 0.2) is 5.89 Å². The minimum Gasteiger partial charge on any atom is -0.449 e. The molecule has 0 bridgehead atoms. The van der Waals surface area contributed by atoms with Crippen LogP contribution >= 0.6 is 0 Å². The van der Waals surface area contributed by atoms with E-state index in [0.717, 1.165) is 51.0 Å². The fourth-order valence-corrected chi connectivity index (χ4v) is 4.78. The van der Waals surface area contributed by atoms with E-state index >= 15 is 0 Å². The van der Waals surface area contributed by atoms with Gasteiger partial charge in [-0.05, 0) is 44.7 Å². The second kappa shape index (κ2) is 6.29. The standard InChI is InChI=1S/C15H25N3O3S/c1-12-16-14(11-21-12)10-18-7-5-13(6-8-18)9-17(2)22(19,20)15-3-4-15/h11,13,15H,3-10H2,1-2H3. The van der Waals surface area contributed by atoms with Crippen molar-refractivity contribution in [2.24, 2.45) is 5.92 Å². The largest absolute Gasteiger partial charge is 0.449 e. The van der Waals surface area contributed by atoms with E-state index < -0.39 is 10.0 Å². The molecule has 0 unspecified atom stereocenters. The summed E-state index contributed by atoms with van der Waals surface area (Å²) < 4.78 is 31.2. The lowest BCUT2D eigenvalue weighted by atomic mass is 9.97. The summed E-state index contributed by atoms with van der Waals surface area (Å²) in [5.41, 5.74) is 0.976. The van der Waals surface area contributed by atoms with Gasteiger partial charge in [0.25, 0.3) is 0 Å². The van der Waals surface area contributed by atoms with Gasteiger partial charge in [-0.2, -0.15) is 0 Å². The summed E-state index contributed by atoms with van der Waals surface area (Å²) in [6.07, 6.45) is 5.48. The van der Waals surface area contributed by atoms with Crippen molar-refractivity contribution in [3.05, 3.63) is 17.8 Å². The third-order valence-corrected chi connectivity index (χ3v) is 6.99. The maximum Gasteiger partial charge on any atom is 0.216 e. The Morgan fingerprint density at radius 2 is 2.00 bits per heavy atom. The van der Waals surface area contributed by atoms with Crippen LogP contribution in [0.2, 0.25) is 0 Å². The Labute approximate surface area is 132 Å². The molecule has 1 aliphatic carbocycles. The van der Waals surface area contributed by atoms with E-state index in [1.54, 1.807) is 17.6 Å². The van der Waals surface area contributed by atoms with Crippen LogP contribution in [0, 0.1) is 12.8 Å². The van der Waals surface area contributed by atoms with Crippen LogP contribution in [-0.2, 0) is 16.6 Å². The molecule has 3 rings (SSSR count). The molecule has 1 aliphatic heterocycles. The van der Waals surface area contributed by atoms with E-state index in [1.165, 1.54) is 0 Å². The number of aryl methyl sites for hydroxylation is 1. The van der Waals surface area contributed by atoms with Crippen molar-refractivity contribution >= 4 is 10.0 Å². The molecule has 2 fully saturated rings. The second-order valence-corrected chi connectivity index (χ2v) is 8.92. The molecule has 2 heterocycles. The number of oxazole rings is 1. The van der Waals surface area contributed by atoms with Crippen LogP contribution in [0.4, 0.5) is 0 Å². The molecule has 2 aliphatic rings. The number of nitrogens with zero attached hydrogens (tertiary/aromatic N) is 3. The number of hydrogen-bond acceptors (Lipinski definition) is 5. The zero-order valence-electron chi connectivity index (χ0n) is 13.4. The summed E-state index contributed by atoms with van der Waals surface area (Å²) in [5, 5.41) is -0.104. The van der Waals surface area contributed by atoms with E-state index in [4.69, 9.17) is 4.42 Å². The number of sulfonamides is 1. The molecule has 0 aromatic carbocycles. The molecule has 1 aromatic rings. The molecule has 0 amide bonds. The Kier molecular flexibility index (Phi) is 4.56. The quantitative estimate of drug-likeness (QED) is 0.794. The van der Waals surface area contributed by atoms with Gasteiger partial charge in [0.2, 0.25) is 10.0 Å². The highest BCUT2D eigenvalue weighted by molar-refractivity contribution is 7.90. The molecule has 22 heavy (non-hydrogen) atoms. The first-order valence-electron chi connectivity index (χ1n) is 8.03. The van der Waals surface area contributed by atoms with Gasteiger partial charge in [-0.15, -0.1) is 0 Å². The molecule has 7 heteroatoms. The zero-order valence-corrected chi connectivity index (χ0v) is 14.2. The summed E-state index contributed by atoms with van der Waals surface area (Å²) in [5.74, 6) is 1.17. The van der Waals surface area contributed by atoms with E-state index in [9.17, 15) is 8.42 Å². The van der Waals surface area contributed by atoms with Gasteiger partial charge in [0.05, 0.1) is 10.9 Å². The van der Waals surface area contributed by atoms with Gasteiger partial charge < -0.3 is 4.42 Å². The summed E-state index contributed by atoms with van der Waals surface area (Å²) in [6, 6.07) is 0. The molecule has 1 aromatic heterocycles. The summed E-state index contributed by atoms with van der Waals surface area (Å²) in [6.45, 7) is 5.32. The molecule has 0 atom stereocenters. The molecule has 0 spiro atoms. The first-order chi connectivity index (χ1) is 10.4. The van der Waals surface area contributed by atoms with E-state index in [0.29, 0.717) is 18.4 Å². The van der Waals surface area contributed by atoms with Crippen LogP contribution < -0.4 is 0 Å². The number of aromatic nitrogens is 1. The third kappa shape index (κ3) is 3.70. The maximum atomic E-state index is 12.2. The van der Waals surface area contributed by atoms with E-state index in [-0.39, 0.29) is 5.25 Å². The highest BCUT2D eigenvalue weighted by atomic mass is 32.2. The van der Waals surface area contributed by atoms with Gasteiger partial charge in [-0.25, -0.2) is 17.7 Å². The predicted molar refractivity (Wildman–Crippen MR) is 83.8 cm³/mol. The topological polar surface area (TPSA) is 66.7 Å². The normalized spacial score (nSPS) is 21.6. The second-order valence-electron chi connectivity index (χ2n) is 6.60. The van der Waals surface area contributed by atoms with E-state index in [2.05, 4.69) is 9.88 Å². The lowest BCUT2D eigenvalue weighted by molar-refractivity contribution is 0.164. The smallest absolute Gasteiger partial charge is 0.216 e. The number of hydrogen-bond donors (Lipinski definition) is 0. The highest BCUT2D eigenvalue weighted by Gasteiger charge is 2.39. The van der Waals surface area contributed by atoms with Gasteiger partial charge >= 0.3 is 0 Å². The van der Waals surface area contributed by atoms with Crippen LogP contribution in [0.15, 0.2) is 10.7 Å². The molecule has 124 valence electrons. The first-order valence-corrected chi connectivity index (χ1v) is 9.54. The monoisotopic (exact) mass is 327 g/mol. The van der Waals surface area contributed by atoms with Crippen molar-refractivity contribution in [1.82, 2.24) is 14.2 Å². The van der Waals surface area contributed by atoms with Crippen LogP contribution in [-0.4, -0.2) is 54.5 Å². The Morgan fingerprint density at radius 1 is 1.32 bits per heavy atom. The van der Waals surface area contributed by atoms with Crippen molar-refractivity contribution in [1.29, 1.82) is 0 Å². The minimum absolute atomic E-state index is 0.104. The summed E-state index contributed by atoms with van der Waals surface area (Å²) in [7, 11) is -1.29. The Morgan fingerprint density at radius 3 is 2.55 bits per heavy atom. The van der Waals surface area contributed by atoms with Crippen molar-refractivity contribution in [2.45, 2.75) is 44.4 Å². The minimum atomic E-state index is -3.03. The molecule has 1 saturated carbocycles. The SMILES string of the molecule is Cc1nc(CN2CCC(CN(C)S(=O)(=O)C3CC3)CC2)co1. The summed E-state index contributed by atoms with van der Waals surface area (Å²) in [4.78, 5) is 6.70. The van der Waals surface area contributed by atoms with Gasteiger partial charge in [-0.3, -0.25) is 4.90 Å².